The predicted molar refractivity (Wildman–Crippen MR) is 82.0 cm³/mol. The summed E-state index contributed by atoms with van der Waals surface area (Å²) in [4.78, 5) is 11.7. The van der Waals surface area contributed by atoms with E-state index in [1.807, 2.05) is 20.8 Å². The standard InChI is InChI=1S/C12H19N2O3PS/c1-5-19-10-6-7-11(14(15)16)12(8-10)13(9(2)3)18(4)17/h6-9,18H,5H2,1-4H3. The van der Waals surface area contributed by atoms with E-state index in [2.05, 4.69) is 0 Å². The third-order valence-electron chi connectivity index (χ3n) is 2.57. The van der Waals surface area contributed by atoms with Crippen molar-refractivity contribution in [2.24, 2.45) is 0 Å². The molecule has 0 saturated heterocycles. The first-order chi connectivity index (χ1) is 8.88. The van der Waals surface area contributed by atoms with Gasteiger partial charge in [-0.3, -0.25) is 10.1 Å². The van der Waals surface area contributed by atoms with Gasteiger partial charge < -0.3 is 9.24 Å². The van der Waals surface area contributed by atoms with Crippen molar-refractivity contribution < 1.29 is 9.49 Å². The Labute approximate surface area is 118 Å². The van der Waals surface area contributed by atoms with Crippen LogP contribution < -0.4 is 4.67 Å². The van der Waals surface area contributed by atoms with Crippen molar-refractivity contribution in [2.75, 3.05) is 17.1 Å². The number of nitrogens with zero attached hydrogens (tertiary/aromatic N) is 2. The summed E-state index contributed by atoms with van der Waals surface area (Å²) < 4.78 is 13.6. The second kappa shape index (κ2) is 6.96. The molecule has 0 aliphatic carbocycles. The average Bonchev–Trinajstić information content (AvgIpc) is 2.28. The van der Waals surface area contributed by atoms with Gasteiger partial charge in [0.25, 0.3) is 5.69 Å². The van der Waals surface area contributed by atoms with Crippen LogP contribution in [0, 0.1) is 10.1 Å². The molecule has 0 aliphatic heterocycles. The molecule has 106 valence electrons. The maximum absolute atomic E-state index is 11.9. The van der Waals surface area contributed by atoms with Gasteiger partial charge in [-0.05, 0) is 31.7 Å². The highest BCUT2D eigenvalue weighted by Gasteiger charge is 2.23. The van der Waals surface area contributed by atoms with E-state index < -0.39 is 12.9 Å². The van der Waals surface area contributed by atoms with Crippen molar-refractivity contribution >= 4 is 31.1 Å². The van der Waals surface area contributed by atoms with Crippen molar-refractivity contribution in [1.82, 2.24) is 0 Å². The molecule has 0 aromatic heterocycles. The molecule has 1 unspecified atom stereocenters. The van der Waals surface area contributed by atoms with Crippen molar-refractivity contribution in [2.45, 2.75) is 31.7 Å². The van der Waals surface area contributed by atoms with Crippen molar-refractivity contribution in [3.8, 4) is 0 Å². The summed E-state index contributed by atoms with van der Waals surface area (Å²) in [7, 11) is -2.04. The van der Waals surface area contributed by atoms with Gasteiger partial charge in [0.1, 0.15) is 5.69 Å². The van der Waals surface area contributed by atoms with Crippen LogP contribution >= 0.6 is 19.7 Å². The van der Waals surface area contributed by atoms with Crippen LogP contribution in [0.3, 0.4) is 0 Å². The largest absolute Gasteiger partial charge is 0.316 e. The summed E-state index contributed by atoms with van der Waals surface area (Å²) in [5.74, 6) is 0.889. The molecule has 7 heteroatoms. The van der Waals surface area contributed by atoms with E-state index in [1.165, 1.54) is 6.07 Å². The molecular formula is C12H19N2O3PS. The fraction of sp³-hybridized carbons (Fsp3) is 0.500. The Hall–Kier alpha value is -1.00. The molecule has 0 saturated carbocycles. The summed E-state index contributed by atoms with van der Waals surface area (Å²) >= 11 is 1.61. The quantitative estimate of drug-likeness (QED) is 0.343. The molecule has 0 heterocycles. The second-order valence-electron chi connectivity index (χ2n) is 4.32. The Morgan fingerprint density at radius 3 is 2.53 bits per heavy atom. The van der Waals surface area contributed by atoms with Crippen LogP contribution in [-0.2, 0) is 4.57 Å². The number of nitro benzene ring substituents is 1. The zero-order valence-corrected chi connectivity index (χ0v) is 13.4. The van der Waals surface area contributed by atoms with E-state index in [4.69, 9.17) is 0 Å². The molecule has 0 bridgehead atoms. The lowest BCUT2D eigenvalue weighted by Gasteiger charge is -2.26. The first-order valence-corrected chi connectivity index (χ1v) is 8.93. The lowest BCUT2D eigenvalue weighted by molar-refractivity contribution is -0.384. The number of thioether (sulfide) groups is 1. The lowest BCUT2D eigenvalue weighted by Crippen LogP contribution is -2.23. The summed E-state index contributed by atoms with van der Waals surface area (Å²) in [6.07, 6.45) is 0. The Balaban J connectivity index is 3.37. The van der Waals surface area contributed by atoms with Crippen molar-refractivity contribution in [3.63, 3.8) is 0 Å². The lowest BCUT2D eigenvalue weighted by atomic mass is 10.2. The molecule has 5 nitrogen and oxygen atoms in total. The number of nitro groups is 1. The number of hydrogen-bond acceptors (Lipinski definition) is 4. The van der Waals surface area contributed by atoms with Gasteiger partial charge in [-0.1, -0.05) is 6.92 Å². The predicted octanol–water partition coefficient (Wildman–Crippen LogP) is 4.03. The van der Waals surface area contributed by atoms with E-state index in [9.17, 15) is 14.7 Å². The SMILES string of the molecule is CCSc1ccc([N+](=O)[O-])c(N(C(C)C)[PH](C)=O)c1. The Morgan fingerprint density at radius 1 is 1.47 bits per heavy atom. The number of rotatable bonds is 6. The van der Waals surface area contributed by atoms with Crippen molar-refractivity contribution in [3.05, 3.63) is 28.3 Å². The first kappa shape index (κ1) is 16.1. The van der Waals surface area contributed by atoms with E-state index in [0.29, 0.717) is 5.69 Å². The molecule has 0 radical (unpaired) electrons. The first-order valence-electron chi connectivity index (χ1n) is 6.09. The molecule has 1 aromatic rings. The van der Waals surface area contributed by atoms with Gasteiger partial charge in [-0.15, -0.1) is 11.8 Å². The van der Waals surface area contributed by atoms with E-state index >= 15 is 0 Å². The fourth-order valence-corrected chi connectivity index (χ4v) is 3.86. The highest BCUT2D eigenvalue weighted by Crippen LogP contribution is 2.40. The smallest absolute Gasteiger partial charge is 0.292 e. The average molecular weight is 302 g/mol. The van der Waals surface area contributed by atoms with Gasteiger partial charge in [0, 0.05) is 23.7 Å². The van der Waals surface area contributed by atoms with Crippen LogP contribution in [0.25, 0.3) is 0 Å². The maximum atomic E-state index is 11.9. The molecule has 19 heavy (non-hydrogen) atoms. The molecule has 1 rings (SSSR count). The minimum absolute atomic E-state index is 0.00866. The van der Waals surface area contributed by atoms with Gasteiger partial charge in [0.2, 0.25) is 0 Å². The second-order valence-corrected chi connectivity index (χ2v) is 7.18. The highest BCUT2D eigenvalue weighted by atomic mass is 32.2. The zero-order valence-electron chi connectivity index (χ0n) is 11.5. The summed E-state index contributed by atoms with van der Waals surface area (Å²) in [5, 5.41) is 11.1. The monoisotopic (exact) mass is 302 g/mol. The van der Waals surface area contributed by atoms with E-state index in [0.717, 1.165) is 10.6 Å². The van der Waals surface area contributed by atoms with Crippen LogP contribution in [0.1, 0.15) is 20.8 Å². The fourth-order valence-electron chi connectivity index (χ4n) is 1.92. The van der Waals surface area contributed by atoms with Crippen LogP contribution in [0.15, 0.2) is 23.1 Å². The molecule has 0 amide bonds. The summed E-state index contributed by atoms with van der Waals surface area (Å²) in [6.45, 7) is 7.40. The Kier molecular flexibility index (Phi) is 5.88. The van der Waals surface area contributed by atoms with Gasteiger partial charge in [0.15, 0.2) is 7.95 Å². The summed E-state index contributed by atoms with van der Waals surface area (Å²) in [6, 6.07) is 4.95. The van der Waals surface area contributed by atoms with E-state index in [-0.39, 0.29) is 11.7 Å². The Bertz CT molecular complexity index is 494. The Morgan fingerprint density at radius 2 is 2.11 bits per heavy atom. The number of hydrogen-bond donors (Lipinski definition) is 0. The van der Waals surface area contributed by atoms with Crippen molar-refractivity contribution in [1.29, 1.82) is 0 Å². The minimum Gasteiger partial charge on any atom is -0.316 e. The van der Waals surface area contributed by atoms with Crippen LogP contribution in [0.2, 0.25) is 0 Å². The molecule has 0 fully saturated rings. The molecule has 0 spiro atoms. The molecule has 1 atom stereocenters. The third-order valence-corrected chi connectivity index (χ3v) is 4.88. The van der Waals surface area contributed by atoms with Gasteiger partial charge in [-0.2, -0.15) is 0 Å². The van der Waals surface area contributed by atoms with Gasteiger partial charge >= 0.3 is 0 Å². The minimum atomic E-state index is -2.04. The van der Waals surface area contributed by atoms with Gasteiger partial charge in [-0.25, -0.2) is 0 Å². The summed E-state index contributed by atoms with van der Waals surface area (Å²) in [5.41, 5.74) is 0.458. The molecular weight excluding hydrogens is 283 g/mol. The van der Waals surface area contributed by atoms with Crippen LogP contribution in [0.5, 0.6) is 0 Å². The zero-order chi connectivity index (χ0) is 14.6. The van der Waals surface area contributed by atoms with E-state index in [1.54, 1.807) is 35.2 Å². The number of benzene rings is 1. The van der Waals surface area contributed by atoms with Crippen LogP contribution in [-0.4, -0.2) is 23.4 Å². The molecule has 0 aliphatic rings. The molecule has 1 aromatic carbocycles. The normalized spacial score (nSPS) is 12.5. The van der Waals surface area contributed by atoms with Crippen LogP contribution in [0.4, 0.5) is 11.4 Å². The number of anilines is 1. The maximum Gasteiger partial charge on any atom is 0.292 e. The topological polar surface area (TPSA) is 63.5 Å². The molecule has 0 N–H and O–H groups in total. The highest BCUT2D eigenvalue weighted by molar-refractivity contribution is 7.99. The third kappa shape index (κ3) is 3.98. The van der Waals surface area contributed by atoms with Gasteiger partial charge in [0.05, 0.1) is 4.92 Å².